The Morgan fingerprint density at radius 1 is 0.938 bits per heavy atom. The van der Waals surface area contributed by atoms with Crippen molar-refractivity contribution in [1.29, 1.82) is 0 Å². The lowest BCUT2D eigenvalue weighted by atomic mass is 10.0. The van der Waals surface area contributed by atoms with Gasteiger partial charge in [-0.05, 0) is 31.0 Å². The van der Waals surface area contributed by atoms with Crippen molar-refractivity contribution in [1.82, 2.24) is 14.7 Å². The maximum atomic E-state index is 12.7. The Morgan fingerprint density at radius 2 is 1.66 bits per heavy atom. The predicted octanol–water partition coefficient (Wildman–Crippen LogP) is 2.19. The summed E-state index contributed by atoms with van der Waals surface area (Å²) in [7, 11) is 0. The van der Waals surface area contributed by atoms with Crippen molar-refractivity contribution in [2.24, 2.45) is 0 Å². The van der Waals surface area contributed by atoms with Crippen LogP contribution in [0.25, 0.3) is 0 Å². The van der Waals surface area contributed by atoms with E-state index < -0.39 is 0 Å². The summed E-state index contributed by atoms with van der Waals surface area (Å²) in [5.74, 6) is 1.02. The molecule has 0 saturated carbocycles. The van der Waals surface area contributed by atoms with Gasteiger partial charge in [0.1, 0.15) is 11.6 Å². The number of carbonyl (C=O) groups is 3. The van der Waals surface area contributed by atoms with Gasteiger partial charge in [0.25, 0.3) is 0 Å². The summed E-state index contributed by atoms with van der Waals surface area (Å²) in [5, 5.41) is 4.42. The molecule has 0 unspecified atom stereocenters. The van der Waals surface area contributed by atoms with E-state index in [-0.39, 0.29) is 30.4 Å². The fourth-order valence-electron chi connectivity index (χ4n) is 4.46. The Morgan fingerprint density at radius 3 is 2.34 bits per heavy atom. The van der Waals surface area contributed by atoms with Gasteiger partial charge in [0, 0.05) is 77.2 Å². The summed E-state index contributed by atoms with van der Waals surface area (Å²) < 4.78 is 1.88. The molecule has 0 aliphatic carbocycles. The summed E-state index contributed by atoms with van der Waals surface area (Å²) in [5.41, 5.74) is 2.97. The van der Waals surface area contributed by atoms with Gasteiger partial charge >= 0.3 is 0 Å². The van der Waals surface area contributed by atoms with Crippen molar-refractivity contribution in [2.45, 2.75) is 46.1 Å². The molecule has 0 spiro atoms. The van der Waals surface area contributed by atoms with Crippen LogP contribution >= 0.6 is 0 Å². The van der Waals surface area contributed by atoms with E-state index in [1.807, 2.05) is 46.8 Å². The van der Waals surface area contributed by atoms with Crippen molar-refractivity contribution < 1.29 is 14.4 Å². The number of fused-ring (bicyclic) bond motifs is 1. The molecule has 1 saturated heterocycles. The Balaban J connectivity index is 1.26. The number of aryl methyl sites for hydroxylation is 2. The van der Waals surface area contributed by atoms with Crippen LogP contribution in [-0.2, 0) is 27.3 Å². The first-order valence-corrected chi connectivity index (χ1v) is 11.4. The van der Waals surface area contributed by atoms with Gasteiger partial charge in [-0.25, -0.2) is 4.68 Å². The van der Waals surface area contributed by atoms with Crippen molar-refractivity contribution in [3.8, 4) is 0 Å². The molecule has 0 bridgehead atoms. The fourth-order valence-corrected chi connectivity index (χ4v) is 4.46. The lowest BCUT2D eigenvalue weighted by molar-refractivity contribution is -0.129. The smallest absolute Gasteiger partial charge is 0.228 e. The number of ketones is 1. The summed E-state index contributed by atoms with van der Waals surface area (Å²) >= 11 is 0. The van der Waals surface area contributed by atoms with Crippen molar-refractivity contribution in [3.05, 3.63) is 41.6 Å². The lowest BCUT2D eigenvalue weighted by Gasteiger charge is -2.35. The zero-order valence-electron chi connectivity index (χ0n) is 18.9. The fraction of sp³-hybridized carbons (Fsp3) is 0.500. The first kappa shape index (κ1) is 22.0. The van der Waals surface area contributed by atoms with E-state index in [1.54, 1.807) is 11.8 Å². The molecule has 170 valence electrons. The average Bonchev–Trinajstić information content (AvgIpc) is 3.18. The number of Topliss-reactive ketones (excluding diaryl/α,β-unsaturated/α-hetero) is 1. The number of aromatic nitrogens is 2. The van der Waals surface area contributed by atoms with Crippen molar-refractivity contribution >= 4 is 29.1 Å². The molecule has 1 aromatic heterocycles. The molecule has 1 fully saturated rings. The zero-order valence-corrected chi connectivity index (χ0v) is 18.9. The highest BCUT2D eigenvalue weighted by Crippen LogP contribution is 2.23. The van der Waals surface area contributed by atoms with Gasteiger partial charge in [0.15, 0.2) is 0 Å². The number of carbonyl (C=O) groups excluding carboxylic acids is 3. The molecule has 4 rings (SSSR count). The number of benzene rings is 1. The molecule has 2 aliphatic rings. The van der Waals surface area contributed by atoms with Gasteiger partial charge in [0.2, 0.25) is 11.8 Å². The minimum absolute atomic E-state index is 0.0146. The molecule has 8 nitrogen and oxygen atoms in total. The van der Waals surface area contributed by atoms with Crippen LogP contribution in [0.4, 0.5) is 11.5 Å². The monoisotopic (exact) mass is 437 g/mol. The summed E-state index contributed by atoms with van der Waals surface area (Å²) in [6, 6.07) is 9.97. The van der Waals surface area contributed by atoms with Crippen LogP contribution in [0.5, 0.6) is 0 Å². The van der Waals surface area contributed by atoms with Crippen LogP contribution in [0.3, 0.4) is 0 Å². The Kier molecular flexibility index (Phi) is 6.58. The maximum absolute atomic E-state index is 12.7. The van der Waals surface area contributed by atoms with Gasteiger partial charge in [-0.2, -0.15) is 5.10 Å². The standard InChI is InChI=1S/C24H31N5O3/c1-18-16-23-28(10-3-11-29(23)25-18)24(32)9-8-22(31)17-20-4-6-21(7-5-20)27-14-12-26(13-15-27)19(2)30/h4-7,16H,3,8-15,17H2,1-2H3. The Labute approximate surface area is 188 Å². The summed E-state index contributed by atoms with van der Waals surface area (Å²) in [4.78, 5) is 42.6. The molecule has 0 N–H and O–H groups in total. The van der Waals surface area contributed by atoms with E-state index in [0.29, 0.717) is 13.0 Å². The lowest BCUT2D eigenvalue weighted by Crippen LogP contribution is -2.48. The summed E-state index contributed by atoms with van der Waals surface area (Å²) in [6.45, 7) is 8.15. The average molecular weight is 438 g/mol. The SMILES string of the molecule is CC(=O)N1CCN(c2ccc(CC(=O)CCC(=O)N3CCCn4nc(C)cc43)cc2)CC1. The molecule has 2 amide bonds. The molecular weight excluding hydrogens is 406 g/mol. The molecule has 0 radical (unpaired) electrons. The second kappa shape index (κ2) is 9.54. The van der Waals surface area contributed by atoms with E-state index in [2.05, 4.69) is 10.00 Å². The Hall–Kier alpha value is -3.16. The molecule has 3 heterocycles. The van der Waals surface area contributed by atoms with Gasteiger partial charge in [-0.3, -0.25) is 19.3 Å². The van der Waals surface area contributed by atoms with E-state index in [1.165, 1.54) is 0 Å². The highest BCUT2D eigenvalue weighted by molar-refractivity contribution is 5.95. The maximum Gasteiger partial charge on any atom is 0.228 e. The molecular formula is C24H31N5O3. The molecule has 8 heteroatoms. The van der Waals surface area contributed by atoms with Crippen molar-refractivity contribution in [3.63, 3.8) is 0 Å². The third-order valence-electron chi connectivity index (χ3n) is 6.26. The molecule has 2 aliphatic heterocycles. The van der Waals surface area contributed by atoms with E-state index >= 15 is 0 Å². The van der Waals surface area contributed by atoms with E-state index in [0.717, 1.165) is 61.9 Å². The number of hydrogen-bond donors (Lipinski definition) is 0. The second-order valence-electron chi connectivity index (χ2n) is 8.64. The highest BCUT2D eigenvalue weighted by atomic mass is 16.2. The van der Waals surface area contributed by atoms with E-state index in [9.17, 15) is 14.4 Å². The van der Waals surface area contributed by atoms with Crippen LogP contribution in [0.2, 0.25) is 0 Å². The number of rotatable bonds is 6. The number of anilines is 2. The minimum Gasteiger partial charge on any atom is -0.368 e. The molecule has 0 atom stereocenters. The van der Waals surface area contributed by atoms with Crippen LogP contribution in [0.15, 0.2) is 30.3 Å². The van der Waals surface area contributed by atoms with Crippen LogP contribution in [0, 0.1) is 6.92 Å². The first-order chi connectivity index (χ1) is 15.4. The molecule has 2 aromatic rings. The Bertz CT molecular complexity index is 990. The van der Waals surface area contributed by atoms with E-state index in [4.69, 9.17) is 0 Å². The quantitative estimate of drug-likeness (QED) is 0.692. The van der Waals surface area contributed by atoms with Crippen molar-refractivity contribution in [2.75, 3.05) is 42.5 Å². The van der Waals surface area contributed by atoms with Crippen LogP contribution in [0.1, 0.15) is 37.4 Å². The second-order valence-corrected chi connectivity index (χ2v) is 8.64. The molecule has 1 aromatic carbocycles. The van der Waals surface area contributed by atoms with Crippen LogP contribution < -0.4 is 9.80 Å². The zero-order chi connectivity index (χ0) is 22.7. The minimum atomic E-state index is -0.0146. The van der Waals surface area contributed by atoms with Gasteiger partial charge in [-0.1, -0.05) is 12.1 Å². The van der Waals surface area contributed by atoms with Gasteiger partial charge in [0.05, 0.1) is 5.69 Å². The highest BCUT2D eigenvalue weighted by Gasteiger charge is 2.24. The third kappa shape index (κ3) is 5.00. The number of amides is 2. The van der Waals surface area contributed by atoms with Gasteiger partial charge < -0.3 is 9.80 Å². The molecule has 32 heavy (non-hydrogen) atoms. The number of piperazine rings is 1. The first-order valence-electron chi connectivity index (χ1n) is 11.4. The van der Waals surface area contributed by atoms with Crippen LogP contribution in [-0.4, -0.2) is 65.0 Å². The number of nitrogens with zero attached hydrogens (tertiary/aromatic N) is 5. The largest absolute Gasteiger partial charge is 0.368 e. The van der Waals surface area contributed by atoms with Gasteiger partial charge in [-0.15, -0.1) is 0 Å². The number of hydrogen-bond acceptors (Lipinski definition) is 5. The normalized spacial score (nSPS) is 16.1. The summed E-state index contributed by atoms with van der Waals surface area (Å²) in [6.07, 6.45) is 1.69. The third-order valence-corrected chi connectivity index (χ3v) is 6.26. The predicted molar refractivity (Wildman–Crippen MR) is 123 cm³/mol. The topological polar surface area (TPSA) is 78.8 Å².